The predicted octanol–water partition coefficient (Wildman–Crippen LogP) is 3.35. The van der Waals surface area contributed by atoms with Gasteiger partial charge in [-0.25, -0.2) is 9.78 Å². The first-order valence-corrected chi connectivity index (χ1v) is 10.9. The Morgan fingerprint density at radius 1 is 1.15 bits per heavy atom. The molecule has 1 aliphatic heterocycles. The van der Waals surface area contributed by atoms with Crippen LogP contribution >= 0.6 is 0 Å². The number of fused-ring (bicyclic) bond motifs is 1. The molecule has 10 nitrogen and oxygen atoms in total. The molecule has 0 bridgehead atoms. The summed E-state index contributed by atoms with van der Waals surface area (Å²) in [5.74, 6) is 0.627. The van der Waals surface area contributed by atoms with E-state index in [1.54, 1.807) is 18.3 Å². The molecule has 0 spiro atoms. The maximum absolute atomic E-state index is 11.4. The second-order valence-electron chi connectivity index (χ2n) is 8.32. The van der Waals surface area contributed by atoms with E-state index >= 15 is 0 Å². The third kappa shape index (κ3) is 4.42. The van der Waals surface area contributed by atoms with Crippen molar-refractivity contribution in [3.63, 3.8) is 0 Å². The number of nitrogens with zero attached hydrogens (tertiary/aromatic N) is 5. The van der Waals surface area contributed by atoms with E-state index in [2.05, 4.69) is 41.5 Å². The number of nitrogens with one attached hydrogen (secondary N) is 3. The van der Waals surface area contributed by atoms with Crippen LogP contribution in [-0.4, -0.2) is 52.6 Å². The zero-order valence-electron chi connectivity index (χ0n) is 18.9. The molecule has 1 fully saturated rings. The number of hydrogen-bond acceptors (Lipinski definition) is 9. The summed E-state index contributed by atoms with van der Waals surface area (Å²) in [7, 11) is 1.99. The number of anilines is 5. The molecule has 1 unspecified atom stereocenters. The summed E-state index contributed by atoms with van der Waals surface area (Å²) < 4.78 is 5.05. The molecule has 0 amide bonds. The fourth-order valence-corrected chi connectivity index (χ4v) is 3.93. The Kier molecular flexibility index (Phi) is 5.61. The third-order valence-corrected chi connectivity index (χ3v) is 5.94. The molecular weight excluding hydrogens is 432 g/mol. The summed E-state index contributed by atoms with van der Waals surface area (Å²) in [5, 5.41) is 15.9. The highest BCUT2D eigenvalue weighted by Crippen LogP contribution is 2.25. The highest BCUT2D eigenvalue weighted by molar-refractivity contribution is 5.78. The van der Waals surface area contributed by atoms with Crippen LogP contribution in [0.1, 0.15) is 5.56 Å². The molecule has 2 aromatic heterocycles. The molecule has 2 aromatic carbocycles. The SMILES string of the molecule is Cc1cnc(Nc2ccc(N3CCN(C)C(C#N)C3)cc2)nc1Nc1ccc2oc(=O)[nH]c2c1. The van der Waals surface area contributed by atoms with Crippen molar-refractivity contribution >= 4 is 39.9 Å². The highest BCUT2D eigenvalue weighted by Gasteiger charge is 2.24. The number of hydrogen-bond donors (Lipinski definition) is 3. The minimum absolute atomic E-state index is 0.104. The molecule has 0 radical (unpaired) electrons. The van der Waals surface area contributed by atoms with Gasteiger partial charge < -0.3 is 20.0 Å². The van der Waals surface area contributed by atoms with Gasteiger partial charge in [0.2, 0.25) is 5.95 Å². The third-order valence-electron chi connectivity index (χ3n) is 5.94. The molecule has 172 valence electrons. The molecule has 4 aromatic rings. The molecule has 3 N–H and O–H groups in total. The van der Waals surface area contributed by atoms with E-state index in [0.29, 0.717) is 29.4 Å². The van der Waals surface area contributed by atoms with Crippen molar-refractivity contribution in [1.29, 1.82) is 5.26 Å². The van der Waals surface area contributed by atoms with Crippen molar-refractivity contribution in [2.45, 2.75) is 13.0 Å². The number of aromatic nitrogens is 3. The fourth-order valence-electron chi connectivity index (χ4n) is 3.93. The summed E-state index contributed by atoms with van der Waals surface area (Å²) >= 11 is 0. The van der Waals surface area contributed by atoms with E-state index in [4.69, 9.17) is 4.42 Å². The number of likely N-dealkylation sites (N-methyl/N-ethyl adjacent to an activating group) is 1. The number of oxazole rings is 1. The van der Waals surface area contributed by atoms with Crippen LogP contribution < -0.4 is 21.3 Å². The average Bonchev–Trinajstić information content (AvgIpc) is 3.21. The number of piperazine rings is 1. The number of aryl methyl sites for hydroxylation is 1. The van der Waals surface area contributed by atoms with Crippen LogP contribution in [0, 0.1) is 18.3 Å². The lowest BCUT2D eigenvalue weighted by Crippen LogP contribution is -2.50. The summed E-state index contributed by atoms with van der Waals surface area (Å²) in [4.78, 5) is 27.4. The number of benzene rings is 2. The highest BCUT2D eigenvalue weighted by atomic mass is 16.4. The quantitative estimate of drug-likeness (QED) is 0.414. The van der Waals surface area contributed by atoms with Gasteiger partial charge >= 0.3 is 5.76 Å². The Morgan fingerprint density at radius 2 is 1.94 bits per heavy atom. The average molecular weight is 457 g/mol. The van der Waals surface area contributed by atoms with Gasteiger partial charge in [-0.2, -0.15) is 10.2 Å². The van der Waals surface area contributed by atoms with E-state index in [9.17, 15) is 10.1 Å². The molecule has 0 saturated carbocycles. The van der Waals surface area contributed by atoms with Gasteiger partial charge in [-0.05, 0) is 56.4 Å². The molecule has 0 aliphatic carbocycles. The van der Waals surface area contributed by atoms with Gasteiger partial charge in [0.1, 0.15) is 11.9 Å². The molecule has 1 aliphatic rings. The lowest BCUT2D eigenvalue weighted by Gasteiger charge is -2.37. The Labute approximate surface area is 195 Å². The van der Waals surface area contributed by atoms with Crippen LogP contribution in [0.5, 0.6) is 0 Å². The van der Waals surface area contributed by atoms with Crippen LogP contribution in [0.25, 0.3) is 11.1 Å². The van der Waals surface area contributed by atoms with Crippen LogP contribution in [0.3, 0.4) is 0 Å². The molecular formula is C24H24N8O2. The van der Waals surface area contributed by atoms with Crippen molar-refractivity contribution in [3.05, 3.63) is 64.8 Å². The minimum atomic E-state index is -0.486. The second kappa shape index (κ2) is 8.88. The van der Waals surface area contributed by atoms with Gasteiger partial charge in [0, 0.05) is 48.5 Å². The van der Waals surface area contributed by atoms with Gasteiger partial charge in [0.05, 0.1) is 11.6 Å². The van der Waals surface area contributed by atoms with E-state index in [1.165, 1.54) is 0 Å². The first-order chi connectivity index (χ1) is 16.5. The maximum Gasteiger partial charge on any atom is 0.417 e. The molecule has 5 rings (SSSR count). The van der Waals surface area contributed by atoms with Crippen molar-refractivity contribution in [2.75, 3.05) is 42.2 Å². The lowest BCUT2D eigenvalue weighted by atomic mass is 10.1. The number of nitriles is 1. The zero-order chi connectivity index (χ0) is 23.7. The Bertz CT molecular complexity index is 1420. The molecule has 1 atom stereocenters. The monoisotopic (exact) mass is 456 g/mol. The van der Waals surface area contributed by atoms with Gasteiger partial charge in [-0.1, -0.05) is 0 Å². The normalized spacial score (nSPS) is 16.4. The molecule has 1 saturated heterocycles. The molecule has 3 heterocycles. The molecule has 10 heteroatoms. The van der Waals surface area contributed by atoms with Crippen LogP contribution in [0.2, 0.25) is 0 Å². The summed E-state index contributed by atoms with van der Waals surface area (Å²) in [6.45, 7) is 4.35. The number of aromatic amines is 1. The maximum atomic E-state index is 11.4. The first kappa shape index (κ1) is 21.5. The van der Waals surface area contributed by atoms with Crippen molar-refractivity contribution in [3.8, 4) is 6.07 Å². The van der Waals surface area contributed by atoms with Gasteiger partial charge in [0.15, 0.2) is 5.58 Å². The smallest absolute Gasteiger partial charge is 0.408 e. The van der Waals surface area contributed by atoms with Crippen LogP contribution in [-0.2, 0) is 0 Å². The Balaban J connectivity index is 1.29. The van der Waals surface area contributed by atoms with Gasteiger partial charge in [-0.15, -0.1) is 0 Å². The Morgan fingerprint density at radius 3 is 2.74 bits per heavy atom. The van der Waals surface area contributed by atoms with Gasteiger partial charge in [-0.3, -0.25) is 9.88 Å². The minimum Gasteiger partial charge on any atom is -0.408 e. The van der Waals surface area contributed by atoms with Crippen molar-refractivity contribution < 1.29 is 4.42 Å². The summed E-state index contributed by atoms with van der Waals surface area (Å²) in [6, 6.07) is 15.6. The molecule has 34 heavy (non-hydrogen) atoms. The second-order valence-corrected chi connectivity index (χ2v) is 8.32. The zero-order valence-corrected chi connectivity index (χ0v) is 18.9. The van der Waals surface area contributed by atoms with Crippen molar-refractivity contribution in [1.82, 2.24) is 19.9 Å². The summed E-state index contributed by atoms with van der Waals surface area (Å²) in [5.41, 5.74) is 4.70. The topological polar surface area (TPSA) is 126 Å². The summed E-state index contributed by atoms with van der Waals surface area (Å²) in [6.07, 6.45) is 1.75. The number of H-pyrrole nitrogens is 1. The van der Waals surface area contributed by atoms with E-state index in [0.717, 1.165) is 35.7 Å². The van der Waals surface area contributed by atoms with Crippen LogP contribution in [0.15, 0.2) is 57.9 Å². The van der Waals surface area contributed by atoms with E-state index in [1.807, 2.05) is 44.3 Å². The van der Waals surface area contributed by atoms with Crippen molar-refractivity contribution in [2.24, 2.45) is 0 Å². The number of rotatable bonds is 5. The Hall–Kier alpha value is -4.36. The first-order valence-electron chi connectivity index (χ1n) is 10.9. The van der Waals surface area contributed by atoms with E-state index in [-0.39, 0.29) is 6.04 Å². The fraction of sp³-hybridized carbons (Fsp3) is 0.250. The van der Waals surface area contributed by atoms with Gasteiger partial charge in [0.25, 0.3) is 0 Å². The standard InChI is InChI=1S/C24H24N8O2/c1-15-13-26-23(30-22(15)27-17-5-8-21-20(11-17)29-24(33)34-21)28-16-3-6-18(7-4-16)32-10-9-31(2)19(12-25)14-32/h3-8,11,13,19H,9-10,14H2,1-2H3,(H,29,33)(H2,26,27,28,30). The van der Waals surface area contributed by atoms with E-state index < -0.39 is 5.76 Å². The predicted molar refractivity (Wildman–Crippen MR) is 131 cm³/mol. The largest absolute Gasteiger partial charge is 0.417 e. The lowest BCUT2D eigenvalue weighted by molar-refractivity contribution is 0.262. The van der Waals surface area contributed by atoms with Crippen LogP contribution in [0.4, 0.5) is 28.8 Å².